The number of hydrogen-bond donors (Lipinski definition) is 2. The van der Waals surface area contributed by atoms with E-state index in [1.54, 1.807) is 31.7 Å². The Labute approximate surface area is 289 Å². The number of ether oxygens (including phenoxy) is 2. The van der Waals surface area contributed by atoms with Crippen LogP contribution in [-0.2, 0) is 28.3 Å². The Morgan fingerprint density at radius 1 is 1.02 bits per heavy atom. The lowest BCUT2D eigenvalue weighted by Gasteiger charge is -2.46. The van der Waals surface area contributed by atoms with E-state index in [4.69, 9.17) is 20.2 Å². The van der Waals surface area contributed by atoms with Crippen molar-refractivity contribution < 1.29 is 50.5 Å². The molecule has 3 N–H and O–H groups in total. The number of carboxylic acids is 1. The Hall–Kier alpha value is -4.67. The number of piperidine rings is 1. The number of methoxy groups -OCH3 is 1. The van der Waals surface area contributed by atoms with Gasteiger partial charge in [-0.15, -0.1) is 0 Å². The molecular formula is C34H38F6N6O5. The molecule has 2 aromatic heterocycles. The number of benzene rings is 1. The molecule has 4 heterocycles. The molecule has 2 atom stereocenters. The lowest BCUT2D eigenvalue weighted by molar-refractivity contribution is -0.144. The van der Waals surface area contributed by atoms with Gasteiger partial charge in [0.2, 0.25) is 5.88 Å². The highest BCUT2D eigenvalue weighted by atomic mass is 19.4. The van der Waals surface area contributed by atoms with Crippen molar-refractivity contribution in [2.24, 2.45) is 11.7 Å². The van der Waals surface area contributed by atoms with Gasteiger partial charge in [0, 0.05) is 25.6 Å². The van der Waals surface area contributed by atoms with Gasteiger partial charge in [-0.05, 0) is 69.4 Å². The highest BCUT2D eigenvalue weighted by molar-refractivity contribution is 5.91. The summed E-state index contributed by atoms with van der Waals surface area (Å²) in [6, 6.07) is 4.50. The van der Waals surface area contributed by atoms with Crippen molar-refractivity contribution in [1.29, 1.82) is 0 Å². The molecule has 0 bridgehead atoms. The zero-order chi connectivity index (χ0) is 37.5. The van der Waals surface area contributed by atoms with Crippen LogP contribution >= 0.6 is 0 Å². The maximum Gasteiger partial charge on any atom is 0.416 e. The first kappa shape index (κ1) is 37.6. The monoisotopic (exact) mass is 724 g/mol. The second kappa shape index (κ2) is 14.2. The van der Waals surface area contributed by atoms with Crippen molar-refractivity contribution in [3.8, 4) is 5.88 Å². The van der Waals surface area contributed by atoms with Crippen LogP contribution in [0.1, 0.15) is 86.3 Å². The number of nitrogens with two attached hydrogens (primary N) is 1. The van der Waals surface area contributed by atoms with Crippen molar-refractivity contribution in [1.82, 2.24) is 15.0 Å². The van der Waals surface area contributed by atoms with Gasteiger partial charge in [-0.3, -0.25) is 9.69 Å². The summed E-state index contributed by atoms with van der Waals surface area (Å²) in [5, 5.41) is 9.50. The number of carboxylic acid groups (broad SMARTS) is 1. The van der Waals surface area contributed by atoms with E-state index >= 15 is 0 Å². The van der Waals surface area contributed by atoms with E-state index < -0.39 is 65.6 Å². The summed E-state index contributed by atoms with van der Waals surface area (Å²) in [6.07, 6.45) is -9.54. The van der Waals surface area contributed by atoms with Crippen LogP contribution < -0.4 is 20.3 Å². The average Bonchev–Trinajstić information content (AvgIpc) is 3.06. The molecule has 1 aromatic carbocycles. The smallest absolute Gasteiger partial charge is 0.416 e. The Balaban J connectivity index is 1.66. The first-order valence-electron chi connectivity index (χ1n) is 16.3. The second-order valence-corrected chi connectivity index (χ2v) is 13.0. The van der Waals surface area contributed by atoms with Crippen LogP contribution in [0.15, 0.2) is 36.5 Å². The zero-order valence-corrected chi connectivity index (χ0v) is 28.3. The van der Waals surface area contributed by atoms with Crippen LogP contribution in [0.5, 0.6) is 5.88 Å². The average molecular weight is 725 g/mol. The number of fused-ring (bicyclic) bond motifs is 1. The second-order valence-electron chi connectivity index (χ2n) is 13.0. The summed E-state index contributed by atoms with van der Waals surface area (Å²) >= 11 is 0. The maximum atomic E-state index is 13.8. The molecule has 2 aliphatic heterocycles. The molecule has 2 aliphatic rings. The van der Waals surface area contributed by atoms with E-state index in [0.29, 0.717) is 29.2 Å². The summed E-state index contributed by atoms with van der Waals surface area (Å²) in [4.78, 5) is 42.1. The molecule has 0 unspecified atom stereocenters. The van der Waals surface area contributed by atoms with E-state index in [2.05, 4.69) is 9.97 Å². The van der Waals surface area contributed by atoms with Crippen LogP contribution in [-0.4, -0.2) is 64.1 Å². The van der Waals surface area contributed by atoms with Crippen LogP contribution in [0, 0.1) is 5.92 Å². The summed E-state index contributed by atoms with van der Waals surface area (Å²) in [5.41, 5.74) is 3.36. The SMILES string of the molecule is CC[C@]1(N)C[C@H](c2ncc(N3CCC(C(=O)O)CC3)c(Cc3cc(C(F)(F)F)cc(C(F)(F)F)c3)n2)c2nc(OC)ccc2N1C(=O)OC(C)C. The molecule has 51 heavy (non-hydrogen) atoms. The van der Waals surface area contributed by atoms with Gasteiger partial charge in [-0.2, -0.15) is 26.3 Å². The molecule has 5 rings (SSSR count). The third kappa shape index (κ3) is 7.97. The van der Waals surface area contributed by atoms with Crippen molar-refractivity contribution in [3.05, 3.63) is 70.4 Å². The van der Waals surface area contributed by atoms with Gasteiger partial charge in [0.05, 0.1) is 65.1 Å². The maximum absolute atomic E-state index is 13.8. The van der Waals surface area contributed by atoms with E-state index in [-0.39, 0.29) is 67.8 Å². The quantitative estimate of drug-likeness (QED) is 0.239. The van der Waals surface area contributed by atoms with E-state index in [1.807, 2.05) is 0 Å². The molecule has 1 amide bonds. The molecule has 276 valence electrons. The first-order chi connectivity index (χ1) is 23.8. The molecule has 0 spiro atoms. The minimum atomic E-state index is -5.06. The molecule has 1 fully saturated rings. The van der Waals surface area contributed by atoms with Gasteiger partial charge in [0.15, 0.2) is 0 Å². The van der Waals surface area contributed by atoms with Crippen molar-refractivity contribution in [2.45, 2.75) is 82.9 Å². The molecular weight excluding hydrogens is 686 g/mol. The van der Waals surface area contributed by atoms with Crippen molar-refractivity contribution in [3.63, 3.8) is 0 Å². The number of rotatable bonds is 8. The van der Waals surface area contributed by atoms with Gasteiger partial charge in [0.1, 0.15) is 11.5 Å². The standard InChI is InChI=1S/C34H38F6N6O5/c1-5-32(41)16-23(28-25(6-7-27(44-28)50-4)46(32)31(49)51-18(2)3)29-42-17-26(45-10-8-20(9-11-45)30(47)48)24(43-29)14-19-12-21(33(35,36)37)15-22(13-19)34(38,39)40/h6-7,12-13,15,17-18,20,23H,5,8-11,14,16,41H2,1-4H3,(H,47,48)/t23-,32+/m0/s1. The van der Waals surface area contributed by atoms with E-state index in [0.717, 1.165) is 0 Å². The largest absolute Gasteiger partial charge is 0.481 e. The Bertz CT molecular complexity index is 1750. The Morgan fingerprint density at radius 3 is 2.18 bits per heavy atom. The number of anilines is 2. The zero-order valence-electron chi connectivity index (χ0n) is 28.3. The number of aliphatic carboxylic acids is 1. The van der Waals surface area contributed by atoms with Gasteiger partial charge in [0.25, 0.3) is 0 Å². The lowest BCUT2D eigenvalue weighted by atomic mass is 9.83. The predicted molar refractivity (Wildman–Crippen MR) is 172 cm³/mol. The van der Waals surface area contributed by atoms with Gasteiger partial charge in [-0.1, -0.05) is 6.92 Å². The highest BCUT2D eigenvalue weighted by Gasteiger charge is 2.47. The highest BCUT2D eigenvalue weighted by Crippen LogP contribution is 2.46. The van der Waals surface area contributed by atoms with E-state index in [9.17, 15) is 41.0 Å². The lowest BCUT2D eigenvalue weighted by Crippen LogP contribution is -2.62. The minimum absolute atomic E-state index is 0.0223. The number of amides is 1. The number of aromatic nitrogens is 3. The number of hydrogen-bond acceptors (Lipinski definition) is 9. The van der Waals surface area contributed by atoms with Crippen molar-refractivity contribution >= 4 is 23.4 Å². The Morgan fingerprint density at radius 2 is 1.65 bits per heavy atom. The summed E-state index contributed by atoms with van der Waals surface area (Å²) in [7, 11) is 1.40. The number of halogens is 6. The molecule has 1 saturated heterocycles. The van der Waals surface area contributed by atoms with Crippen molar-refractivity contribution in [2.75, 3.05) is 30.0 Å². The van der Waals surface area contributed by atoms with Crippen LogP contribution in [0.4, 0.5) is 42.5 Å². The minimum Gasteiger partial charge on any atom is -0.481 e. The number of carbonyl (C=O) groups excluding carboxylic acids is 1. The molecule has 0 aliphatic carbocycles. The van der Waals surface area contributed by atoms with Crippen LogP contribution in [0.25, 0.3) is 0 Å². The predicted octanol–water partition coefficient (Wildman–Crippen LogP) is 6.76. The number of nitrogens with zero attached hydrogens (tertiary/aromatic N) is 5. The van der Waals surface area contributed by atoms with Gasteiger partial charge >= 0.3 is 24.4 Å². The molecule has 3 aromatic rings. The fraction of sp³-hybridized carbons (Fsp3) is 0.500. The summed E-state index contributed by atoms with van der Waals surface area (Å²) in [5.74, 6) is -2.07. The first-order valence-corrected chi connectivity index (χ1v) is 16.3. The fourth-order valence-corrected chi connectivity index (χ4v) is 6.51. The third-order valence-electron chi connectivity index (χ3n) is 9.17. The topological polar surface area (TPSA) is 144 Å². The number of carbonyl (C=O) groups is 2. The normalized spacial score (nSPS) is 20.0. The molecule has 17 heteroatoms. The van der Waals surface area contributed by atoms with Crippen LogP contribution in [0.2, 0.25) is 0 Å². The fourth-order valence-electron chi connectivity index (χ4n) is 6.51. The van der Waals surface area contributed by atoms with Gasteiger partial charge in [-0.25, -0.2) is 19.7 Å². The molecule has 0 radical (unpaired) electrons. The third-order valence-corrected chi connectivity index (χ3v) is 9.17. The summed E-state index contributed by atoms with van der Waals surface area (Å²) < 4.78 is 93.7. The number of alkyl halides is 6. The summed E-state index contributed by atoms with van der Waals surface area (Å²) in [6.45, 7) is 5.62. The van der Waals surface area contributed by atoms with E-state index in [1.165, 1.54) is 24.3 Å². The van der Waals surface area contributed by atoms with Gasteiger partial charge < -0.3 is 25.2 Å². The number of pyridine rings is 1. The van der Waals surface area contributed by atoms with Crippen LogP contribution in [0.3, 0.4) is 0 Å². The molecule has 11 nitrogen and oxygen atoms in total. The molecule has 0 saturated carbocycles. The Kier molecular flexibility index (Phi) is 10.4.